The second-order valence-electron chi connectivity index (χ2n) is 7.76. The van der Waals surface area contributed by atoms with Crippen molar-refractivity contribution in [3.63, 3.8) is 0 Å². The lowest BCUT2D eigenvalue weighted by Gasteiger charge is -2.52. The summed E-state index contributed by atoms with van der Waals surface area (Å²) in [7, 11) is 0. The van der Waals surface area contributed by atoms with Gasteiger partial charge in [-0.3, -0.25) is 4.90 Å². The van der Waals surface area contributed by atoms with Crippen LogP contribution in [0.5, 0.6) is 0 Å². The molecule has 25 heavy (non-hydrogen) atoms. The van der Waals surface area contributed by atoms with Crippen molar-refractivity contribution in [2.75, 3.05) is 19.7 Å². The fourth-order valence-electron chi connectivity index (χ4n) is 5.35. The van der Waals surface area contributed by atoms with Crippen molar-refractivity contribution in [1.29, 1.82) is 0 Å². The molecule has 4 heterocycles. The molecule has 0 bridgehead atoms. The summed E-state index contributed by atoms with van der Waals surface area (Å²) in [6.45, 7) is 6.87. The summed E-state index contributed by atoms with van der Waals surface area (Å²) >= 11 is 0. The number of aromatic nitrogens is 1. The Hall–Kier alpha value is -2.07. The first-order valence-corrected chi connectivity index (χ1v) is 9.40. The van der Waals surface area contributed by atoms with E-state index in [0.717, 1.165) is 31.4 Å². The van der Waals surface area contributed by atoms with E-state index in [0.29, 0.717) is 18.3 Å². The molecule has 1 aromatic carbocycles. The van der Waals surface area contributed by atoms with Crippen LogP contribution in [0.3, 0.4) is 0 Å². The monoisotopic (exact) mass is 336 g/mol. The summed E-state index contributed by atoms with van der Waals surface area (Å²) in [5.41, 5.74) is 4.61. The van der Waals surface area contributed by atoms with Crippen LogP contribution in [-0.4, -0.2) is 35.1 Å². The van der Waals surface area contributed by atoms with E-state index >= 15 is 0 Å². The average molecular weight is 336 g/mol. The zero-order valence-electron chi connectivity index (χ0n) is 14.9. The molecule has 1 saturated heterocycles. The predicted molar refractivity (Wildman–Crippen MR) is 98.2 cm³/mol. The van der Waals surface area contributed by atoms with Gasteiger partial charge in [0.1, 0.15) is 5.70 Å². The van der Waals surface area contributed by atoms with Crippen LogP contribution in [0.4, 0.5) is 0 Å². The average Bonchev–Trinajstić information content (AvgIpc) is 2.95. The van der Waals surface area contributed by atoms with Gasteiger partial charge in [0, 0.05) is 23.0 Å². The van der Waals surface area contributed by atoms with Crippen molar-refractivity contribution in [3.8, 4) is 0 Å². The molecule has 0 aliphatic carbocycles. The quantitative estimate of drug-likeness (QED) is 0.783. The minimum absolute atomic E-state index is 0.000108. The van der Waals surface area contributed by atoms with E-state index in [1.54, 1.807) is 0 Å². The van der Waals surface area contributed by atoms with Crippen LogP contribution in [0.2, 0.25) is 0 Å². The van der Waals surface area contributed by atoms with Gasteiger partial charge >= 0.3 is 5.97 Å². The number of rotatable bonds is 2. The number of hydrogen-bond donors (Lipinski definition) is 0. The summed E-state index contributed by atoms with van der Waals surface area (Å²) < 4.78 is 7.63. The number of esters is 1. The number of para-hydroxylation sites is 1. The largest absolute Gasteiger partial charge is 0.461 e. The van der Waals surface area contributed by atoms with Crippen molar-refractivity contribution >= 4 is 22.6 Å². The molecule has 2 atom stereocenters. The van der Waals surface area contributed by atoms with Crippen molar-refractivity contribution in [3.05, 3.63) is 41.6 Å². The maximum absolute atomic E-state index is 12.8. The van der Waals surface area contributed by atoms with Crippen LogP contribution in [-0.2, 0) is 16.0 Å². The van der Waals surface area contributed by atoms with E-state index in [9.17, 15) is 4.79 Å². The smallest absolute Gasteiger partial charge is 0.354 e. The SMILES string of the molecule is CCOC(=O)C1=C[C@]2(C)CCCN3CCc4c(n1c1ccccc41)C32. The summed E-state index contributed by atoms with van der Waals surface area (Å²) in [5.74, 6) is -0.201. The van der Waals surface area contributed by atoms with Crippen LogP contribution >= 0.6 is 0 Å². The fraction of sp³-hybridized carbons (Fsp3) is 0.476. The van der Waals surface area contributed by atoms with Crippen LogP contribution in [0.15, 0.2) is 30.3 Å². The van der Waals surface area contributed by atoms with E-state index in [1.165, 1.54) is 23.1 Å². The summed E-state index contributed by atoms with van der Waals surface area (Å²) in [6.07, 6.45) is 5.58. The van der Waals surface area contributed by atoms with Crippen LogP contribution in [0, 0.1) is 5.41 Å². The van der Waals surface area contributed by atoms with Gasteiger partial charge in [-0.2, -0.15) is 0 Å². The molecule has 1 aromatic heterocycles. The van der Waals surface area contributed by atoms with E-state index in [2.05, 4.69) is 46.7 Å². The number of carbonyl (C=O) groups is 1. The molecule has 4 heteroatoms. The lowest BCUT2D eigenvalue weighted by Crippen LogP contribution is -2.50. The van der Waals surface area contributed by atoms with Crippen molar-refractivity contribution in [2.45, 2.75) is 39.2 Å². The predicted octanol–water partition coefficient (Wildman–Crippen LogP) is 3.76. The molecule has 5 rings (SSSR count). The first-order valence-electron chi connectivity index (χ1n) is 9.40. The Morgan fingerprint density at radius 1 is 1.32 bits per heavy atom. The van der Waals surface area contributed by atoms with Crippen molar-refractivity contribution in [2.24, 2.45) is 5.41 Å². The highest BCUT2D eigenvalue weighted by atomic mass is 16.5. The van der Waals surface area contributed by atoms with E-state index in [1.807, 2.05) is 6.92 Å². The zero-order chi connectivity index (χ0) is 17.2. The van der Waals surface area contributed by atoms with E-state index in [4.69, 9.17) is 4.74 Å². The summed E-state index contributed by atoms with van der Waals surface area (Å²) in [4.78, 5) is 15.4. The molecular formula is C21H24N2O2. The maximum Gasteiger partial charge on any atom is 0.354 e. The van der Waals surface area contributed by atoms with Gasteiger partial charge in [0.15, 0.2) is 0 Å². The Morgan fingerprint density at radius 2 is 2.16 bits per heavy atom. The molecular weight excluding hydrogens is 312 g/mol. The molecule has 0 radical (unpaired) electrons. The second kappa shape index (κ2) is 5.21. The number of ether oxygens (including phenoxy) is 1. The number of fused-ring (bicyclic) bond motifs is 3. The van der Waals surface area contributed by atoms with E-state index in [-0.39, 0.29) is 11.4 Å². The molecule has 1 fully saturated rings. The molecule has 3 aliphatic rings. The van der Waals surface area contributed by atoms with Gasteiger partial charge in [-0.05, 0) is 50.4 Å². The second-order valence-corrected chi connectivity index (χ2v) is 7.76. The van der Waals surface area contributed by atoms with Crippen molar-refractivity contribution < 1.29 is 9.53 Å². The van der Waals surface area contributed by atoms with Crippen molar-refractivity contribution in [1.82, 2.24) is 9.47 Å². The highest BCUT2D eigenvalue weighted by Crippen LogP contribution is 2.55. The zero-order valence-corrected chi connectivity index (χ0v) is 14.9. The Morgan fingerprint density at radius 3 is 3.00 bits per heavy atom. The number of hydrogen-bond acceptors (Lipinski definition) is 3. The highest BCUT2D eigenvalue weighted by molar-refractivity contribution is 6.13. The fourth-order valence-corrected chi connectivity index (χ4v) is 5.35. The minimum Gasteiger partial charge on any atom is -0.461 e. The lowest BCUT2D eigenvalue weighted by molar-refractivity contribution is -0.136. The third kappa shape index (κ3) is 1.94. The van der Waals surface area contributed by atoms with Crippen LogP contribution < -0.4 is 0 Å². The number of nitrogens with zero attached hydrogens (tertiary/aromatic N) is 2. The van der Waals surface area contributed by atoms with Gasteiger partial charge in [-0.15, -0.1) is 0 Å². The maximum atomic E-state index is 12.8. The molecule has 1 unspecified atom stereocenters. The Kier molecular flexibility index (Phi) is 3.17. The lowest BCUT2D eigenvalue weighted by atomic mass is 9.69. The minimum atomic E-state index is -0.201. The van der Waals surface area contributed by atoms with Gasteiger partial charge in [0.25, 0.3) is 0 Å². The Balaban J connectivity index is 1.84. The molecule has 4 nitrogen and oxygen atoms in total. The van der Waals surface area contributed by atoms with Gasteiger partial charge in [-0.25, -0.2) is 4.79 Å². The summed E-state index contributed by atoms with van der Waals surface area (Å²) in [6, 6.07) is 8.87. The summed E-state index contributed by atoms with van der Waals surface area (Å²) in [5, 5.41) is 1.29. The normalized spacial score (nSPS) is 27.8. The molecule has 0 amide bonds. The topological polar surface area (TPSA) is 34.5 Å². The first kappa shape index (κ1) is 15.2. The molecule has 130 valence electrons. The molecule has 3 aliphatic heterocycles. The Bertz CT molecular complexity index is 910. The molecule has 0 saturated carbocycles. The number of piperidine rings is 1. The highest BCUT2D eigenvalue weighted by Gasteiger charge is 2.49. The third-order valence-corrected chi connectivity index (χ3v) is 6.27. The number of benzene rings is 1. The molecule has 0 N–H and O–H groups in total. The van der Waals surface area contributed by atoms with Gasteiger partial charge in [0.05, 0.1) is 18.2 Å². The van der Waals surface area contributed by atoms with Crippen LogP contribution in [0.1, 0.15) is 44.0 Å². The third-order valence-electron chi connectivity index (χ3n) is 6.27. The Labute approximate surface area is 148 Å². The van der Waals surface area contributed by atoms with Gasteiger partial charge in [-0.1, -0.05) is 25.1 Å². The van der Waals surface area contributed by atoms with Gasteiger partial charge in [0.2, 0.25) is 0 Å². The molecule has 0 spiro atoms. The first-order chi connectivity index (χ1) is 12.1. The molecule has 2 aromatic rings. The van der Waals surface area contributed by atoms with Crippen LogP contribution in [0.25, 0.3) is 16.6 Å². The standard InChI is InChI=1S/C21H24N2O2/c1-3-25-20(24)17-13-21(2)10-6-11-22-12-9-15-14-7-4-5-8-16(14)23(17)18(15)19(21)22/h4-5,7-8,13,19H,3,6,9-12H2,1-2H3/t19?,21-/m0/s1. The van der Waals surface area contributed by atoms with E-state index < -0.39 is 0 Å². The van der Waals surface area contributed by atoms with Gasteiger partial charge < -0.3 is 9.30 Å². The number of carbonyl (C=O) groups excluding carboxylic acids is 1.